The molecule has 1 heterocycles. The van der Waals surface area contributed by atoms with Gasteiger partial charge in [0.05, 0.1) is 5.52 Å². The van der Waals surface area contributed by atoms with Gasteiger partial charge in [-0.3, -0.25) is 0 Å². The van der Waals surface area contributed by atoms with Crippen molar-refractivity contribution in [2.75, 3.05) is 0 Å². The first kappa shape index (κ1) is 10.5. The SMILES string of the molecule is NS(=O)(=O)c1cc(Br)c2ccccc2n1. The average molecular weight is 287 g/mol. The Morgan fingerprint density at radius 3 is 2.60 bits per heavy atom. The zero-order chi connectivity index (χ0) is 11.1. The van der Waals surface area contributed by atoms with Crippen LogP contribution in [-0.4, -0.2) is 13.4 Å². The third kappa shape index (κ3) is 2.01. The van der Waals surface area contributed by atoms with Crippen LogP contribution in [0.5, 0.6) is 0 Å². The number of hydrogen-bond acceptors (Lipinski definition) is 3. The summed E-state index contributed by atoms with van der Waals surface area (Å²) in [6.07, 6.45) is 0. The number of halogens is 1. The summed E-state index contributed by atoms with van der Waals surface area (Å²) in [6.45, 7) is 0. The number of sulfonamides is 1. The monoisotopic (exact) mass is 286 g/mol. The van der Waals surface area contributed by atoms with E-state index in [0.717, 1.165) is 5.39 Å². The van der Waals surface area contributed by atoms with Crippen LogP contribution in [0.2, 0.25) is 0 Å². The van der Waals surface area contributed by atoms with E-state index in [1.807, 2.05) is 12.1 Å². The summed E-state index contributed by atoms with van der Waals surface area (Å²) in [7, 11) is -3.76. The molecular formula is C9H7BrN2O2S. The summed E-state index contributed by atoms with van der Waals surface area (Å²) in [6, 6.07) is 8.62. The summed E-state index contributed by atoms with van der Waals surface area (Å²) in [5.41, 5.74) is 0.593. The Bertz CT molecular complexity index is 625. The Morgan fingerprint density at radius 2 is 1.93 bits per heavy atom. The number of fused-ring (bicyclic) bond motifs is 1. The maximum atomic E-state index is 11.1. The fourth-order valence-electron chi connectivity index (χ4n) is 1.26. The number of para-hydroxylation sites is 1. The molecule has 0 saturated carbocycles. The molecule has 2 N–H and O–H groups in total. The fourth-order valence-corrected chi connectivity index (χ4v) is 2.47. The lowest BCUT2D eigenvalue weighted by atomic mass is 10.2. The van der Waals surface area contributed by atoms with Gasteiger partial charge in [0.2, 0.25) is 0 Å². The Hall–Kier alpha value is -0.980. The molecule has 0 atom stereocenters. The summed E-state index contributed by atoms with van der Waals surface area (Å²) >= 11 is 3.28. The van der Waals surface area contributed by atoms with Gasteiger partial charge in [0, 0.05) is 9.86 Å². The molecule has 1 aromatic heterocycles. The van der Waals surface area contributed by atoms with Crippen LogP contribution in [0.25, 0.3) is 10.9 Å². The summed E-state index contributed by atoms with van der Waals surface area (Å²) in [5.74, 6) is 0. The topological polar surface area (TPSA) is 73.1 Å². The van der Waals surface area contributed by atoms with Crippen LogP contribution in [0.1, 0.15) is 0 Å². The number of primary sulfonamides is 1. The molecule has 0 fully saturated rings. The Balaban J connectivity index is 2.85. The van der Waals surface area contributed by atoms with Gasteiger partial charge in [-0.25, -0.2) is 18.5 Å². The number of rotatable bonds is 1. The van der Waals surface area contributed by atoms with Crippen molar-refractivity contribution < 1.29 is 8.42 Å². The van der Waals surface area contributed by atoms with E-state index in [2.05, 4.69) is 20.9 Å². The van der Waals surface area contributed by atoms with E-state index in [1.54, 1.807) is 12.1 Å². The lowest BCUT2D eigenvalue weighted by Crippen LogP contribution is -2.14. The molecule has 1 aromatic carbocycles. The summed E-state index contributed by atoms with van der Waals surface area (Å²) < 4.78 is 22.9. The molecule has 0 saturated heterocycles. The lowest BCUT2D eigenvalue weighted by molar-refractivity contribution is 0.594. The minimum Gasteiger partial charge on any atom is -0.235 e. The number of nitrogens with zero attached hydrogens (tertiary/aromatic N) is 1. The first-order valence-corrected chi connectivity index (χ1v) is 6.40. The molecule has 0 aliphatic rings. The van der Waals surface area contributed by atoms with Crippen LogP contribution in [0, 0.1) is 0 Å². The number of hydrogen-bond donors (Lipinski definition) is 1. The van der Waals surface area contributed by atoms with Crippen molar-refractivity contribution >= 4 is 36.9 Å². The van der Waals surface area contributed by atoms with Crippen molar-refractivity contribution in [3.05, 3.63) is 34.8 Å². The molecule has 2 aromatic rings. The van der Waals surface area contributed by atoms with Gasteiger partial charge in [0.25, 0.3) is 10.0 Å². The zero-order valence-corrected chi connectivity index (χ0v) is 9.92. The first-order chi connectivity index (χ1) is 6.98. The average Bonchev–Trinajstić information content (AvgIpc) is 2.16. The van der Waals surface area contributed by atoms with Crippen molar-refractivity contribution in [1.29, 1.82) is 0 Å². The van der Waals surface area contributed by atoms with Crippen LogP contribution in [-0.2, 0) is 10.0 Å². The summed E-state index contributed by atoms with van der Waals surface area (Å²) in [4.78, 5) is 3.96. The highest BCUT2D eigenvalue weighted by atomic mass is 79.9. The second-order valence-electron chi connectivity index (χ2n) is 3.00. The van der Waals surface area contributed by atoms with Gasteiger partial charge in [0.15, 0.2) is 5.03 Å². The lowest BCUT2D eigenvalue weighted by Gasteiger charge is -2.02. The van der Waals surface area contributed by atoms with Crippen LogP contribution in [0.4, 0.5) is 0 Å². The minimum atomic E-state index is -3.76. The molecule has 0 aliphatic heterocycles. The third-order valence-electron chi connectivity index (χ3n) is 1.93. The van der Waals surface area contributed by atoms with Crippen LogP contribution in [0.3, 0.4) is 0 Å². The second-order valence-corrected chi connectivity index (χ2v) is 5.37. The fraction of sp³-hybridized carbons (Fsp3) is 0. The summed E-state index contributed by atoms with van der Waals surface area (Å²) in [5, 5.41) is 5.73. The van der Waals surface area contributed by atoms with Gasteiger partial charge in [0.1, 0.15) is 0 Å². The van der Waals surface area contributed by atoms with E-state index in [-0.39, 0.29) is 5.03 Å². The predicted octanol–water partition coefficient (Wildman–Crippen LogP) is 1.64. The van der Waals surface area contributed by atoms with Crippen LogP contribution >= 0.6 is 15.9 Å². The molecule has 0 radical (unpaired) electrons. The van der Waals surface area contributed by atoms with Crippen molar-refractivity contribution in [3.63, 3.8) is 0 Å². The van der Waals surface area contributed by atoms with Gasteiger partial charge >= 0.3 is 0 Å². The molecule has 78 valence electrons. The predicted molar refractivity (Wildman–Crippen MR) is 60.8 cm³/mol. The van der Waals surface area contributed by atoms with Crippen molar-refractivity contribution in [2.45, 2.75) is 5.03 Å². The highest BCUT2D eigenvalue weighted by Crippen LogP contribution is 2.24. The van der Waals surface area contributed by atoms with Crippen molar-refractivity contribution in [3.8, 4) is 0 Å². The number of nitrogens with two attached hydrogens (primary N) is 1. The largest absolute Gasteiger partial charge is 0.255 e. The van der Waals surface area contributed by atoms with E-state index in [4.69, 9.17) is 5.14 Å². The quantitative estimate of drug-likeness (QED) is 0.866. The van der Waals surface area contributed by atoms with E-state index in [0.29, 0.717) is 9.99 Å². The Labute approximate surface area is 95.3 Å². The van der Waals surface area contributed by atoms with Gasteiger partial charge in [-0.2, -0.15) is 0 Å². The van der Waals surface area contributed by atoms with E-state index < -0.39 is 10.0 Å². The van der Waals surface area contributed by atoms with E-state index in [1.165, 1.54) is 6.07 Å². The molecule has 4 nitrogen and oxygen atoms in total. The van der Waals surface area contributed by atoms with Gasteiger partial charge in [-0.15, -0.1) is 0 Å². The molecular weight excluding hydrogens is 280 g/mol. The molecule has 0 aliphatic carbocycles. The maximum Gasteiger partial charge on any atom is 0.255 e. The van der Waals surface area contributed by atoms with Gasteiger partial charge in [-0.1, -0.05) is 18.2 Å². The zero-order valence-electron chi connectivity index (χ0n) is 7.51. The standard InChI is InChI=1S/C9H7BrN2O2S/c10-7-5-9(15(11,13)14)12-8-4-2-1-3-6(7)8/h1-5H,(H2,11,13,14). The molecule has 0 spiro atoms. The molecule has 2 rings (SSSR count). The number of aromatic nitrogens is 1. The van der Waals surface area contributed by atoms with Crippen LogP contribution < -0.4 is 5.14 Å². The van der Waals surface area contributed by atoms with Gasteiger partial charge < -0.3 is 0 Å². The normalized spacial score (nSPS) is 11.9. The van der Waals surface area contributed by atoms with E-state index in [9.17, 15) is 8.42 Å². The third-order valence-corrected chi connectivity index (χ3v) is 3.38. The molecule has 15 heavy (non-hydrogen) atoms. The number of pyridine rings is 1. The molecule has 0 amide bonds. The van der Waals surface area contributed by atoms with Crippen molar-refractivity contribution in [2.24, 2.45) is 5.14 Å². The molecule has 0 bridgehead atoms. The highest BCUT2D eigenvalue weighted by molar-refractivity contribution is 9.10. The maximum absolute atomic E-state index is 11.1. The second kappa shape index (κ2) is 3.55. The Morgan fingerprint density at radius 1 is 1.27 bits per heavy atom. The number of benzene rings is 1. The first-order valence-electron chi connectivity index (χ1n) is 4.06. The van der Waals surface area contributed by atoms with E-state index >= 15 is 0 Å². The Kier molecular flexibility index (Phi) is 2.49. The van der Waals surface area contributed by atoms with Crippen LogP contribution in [0.15, 0.2) is 39.8 Å². The highest BCUT2D eigenvalue weighted by Gasteiger charge is 2.12. The smallest absolute Gasteiger partial charge is 0.235 e. The van der Waals surface area contributed by atoms with Crippen molar-refractivity contribution in [1.82, 2.24) is 4.98 Å². The molecule has 6 heteroatoms. The molecule has 0 unspecified atom stereocenters. The van der Waals surface area contributed by atoms with Gasteiger partial charge in [-0.05, 0) is 28.1 Å². The minimum absolute atomic E-state index is 0.131.